The van der Waals surface area contributed by atoms with E-state index in [0.29, 0.717) is 9.24 Å². The minimum absolute atomic E-state index is 0.268. The first-order chi connectivity index (χ1) is 9.49. The van der Waals surface area contributed by atoms with Crippen LogP contribution in [0.1, 0.15) is 26.7 Å². The van der Waals surface area contributed by atoms with Crippen molar-refractivity contribution in [3.63, 3.8) is 0 Å². The van der Waals surface area contributed by atoms with Crippen molar-refractivity contribution in [2.24, 2.45) is 0 Å². The molecule has 0 saturated heterocycles. The standard InChI is InChI=1S/C14H18BrFN2OS/c1-9(2)19-6-4-3-5-18-13-7-10(15)11(16)8-12(13)17-14(18)20/h7-9H,3-6H2,1-2H3,(H,17,20). The topological polar surface area (TPSA) is 29.9 Å². The molecule has 0 aliphatic heterocycles. The van der Waals surface area contributed by atoms with Crippen LogP contribution < -0.4 is 0 Å². The summed E-state index contributed by atoms with van der Waals surface area (Å²) in [5, 5.41) is 0. The zero-order valence-corrected chi connectivity index (χ0v) is 14.0. The van der Waals surface area contributed by atoms with Crippen molar-refractivity contribution in [2.45, 2.75) is 39.3 Å². The first-order valence-corrected chi connectivity index (χ1v) is 7.88. The van der Waals surface area contributed by atoms with Crippen LogP contribution in [0.15, 0.2) is 16.6 Å². The number of hydrogen-bond donors (Lipinski definition) is 1. The Bertz CT molecular complexity index is 650. The van der Waals surface area contributed by atoms with Gasteiger partial charge in [0.25, 0.3) is 0 Å². The average molecular weight is 361 g/mol. The van der Waals surface area contributed by atoms with Crippen LogP contribution in [0.3, 0.4) is 0 Å². The van der Waals surface area contributed by atoms with Crippen LogP contribution in [-0.2, 0) is 11.3 Å². The predicted molar refractivity (Wildman–Crippen MR) is 85.1 cm³/mol. The second-order valence-corrected chi connectivity index (χ2v) is 6.23. The molecule has 1 aromatic carbocycles. The number of halogens is 2. The highest BCUT2D eigenvalue weighted by molar-refractivity contribution is 9.10. The maximum absolute atomic E-state index is 13.5. The Labute approximate surface area is 131 Å². The zero-order valence-electron chi connectivity index (χ0n) is 11.6. The van der Waals surface area contributed by atoms with E-state index in [-0.39, 0.29) is 11.9 Å². The molecule has 0 atom stereocenters. The number of unbranched alkanes of at least 4 members (excludes halogenated alkanes) is 1. The number of nitrogens with one attached hydrogen (secondary N) is 1. The molecule has 3 nitrogen and oxygen atoms in total. The number of hydrogen-bond acceptors (Lipinski definition) is 2. The molecular weight excluding hydrogens is 343 g/mol. The third-order valence-electron chi connectivity index (χ3n) is 3.04. The highest BCUT2D eigenvalue weighted by Gasteiger charge is 2.08. The summed E-state index contributed by atoms with van der Waals surface area (Å²) < 4.78 is 22.1. The molecular formula is C14H18BrFN2OS. The van der Waals surface area contributed by atoms with E-state index in [1.807, 2.05) is 18.4 Å². The van der Waals surface area contributed by atoms with E-state index in [9.17, 15) is 4.39 Å². The van der Waals surface area contributed by atoms with Gasteiger partial charge in [0, 0.05) is 19.2 Å². The van der Waals surface area contributed by atoms with Gasteiger partial charge >= 0.3 is 0 Å². The maximum Gasteiger partial charge on any atom is 0.178 e. The van der Waals surface area contributed by atoms with E-state index in [1.54, 1.807) is 6.07 Å². The van der Waals surface area contributed by atoms with Crippen LogP contribution in [0, 0.1) is 10.6 Å². The van der Waals surface area contributed by atoms with E-state index in [1.165, 1.54) is 6.07 Å². The maximum atomic E-state index is 13.5. The van der Waals surface area contributed by atoms with Crippen LogP contribution in [0.4, 0.5) is 4.39 Å². The lowest BCUT2D eigenvalue weighted by Crippen LogP contribution is -2.05. The second kappa shape index (κ2) is 6.83. The minimum Gasteiger partial charge on any atom is -0.379 e. The lowest BCUT2D eigenvalue weighted by Gasteiger charge is -2.08. The molecule has 0 saturated carbocycles. The highest BCUT2D eigenvalue weighted by atomic mass is 79.9. The summed E-state index contributed by atoms with van der Waals surface area (Å²) in [7, 11) is 0. The van der Waals surface area contributed by atoms with Crippen molar-refractivity contribution >= 4 is 39.2 Å². The highest BCUT2D eigenvalue weighted by Crippen LogP contribution is 2.23. The van der Waals surface area contributed by atoms with Crippen LogP contribution in [0.5, 0.6) is 0 Å². The monoisotopic (exact) mass is 360 g/mol. The molecule has 0 bridgehead atoms. The molecule has 2 aromatic rings. The zero-order chi connectivity index (χ0) is 14.7. The normalized spacial score (nSPS) is 11.7. The van der Waals surface area contributed by atoms with Crippen molar-refractivity contribution in [1.82, 2.24) is 9.55 Å². The Hall–Kier alpha value is -0.720. The van der Waals surface area contributed by atoms with Gasteiger partial charge in [-0.25, -0.2) is 4.39 Å². The molecule has 0 fully saturated rings. The van der Waals surface area contributed by atoms with Crippen molar-refractivity contribution in [2.75, 3.05) is 6.61 Å². The van der Waals surface area contributed by atoms with E-state index < -0.39 is 0 Å². The molecule has 1 aromatic heterocycles. The van der Waals surface area contributed by atoms with Crippen molar-refractivity contribution in [3.05, 3.63) is 27.2 Å². The number of rotatable bonds is 6. The summed E-state index contributed by atoms with van der Waals surface area (Å²) in [4.78, 5) is 3.04. The molecule has 0 spiro atoms. The first kappa shape index (κ1) is 15.7. The van der Waals surface area contributed by atoms with Crippen LogP contribution >= 0.6 is 28.1 Å². The fraction of sp³-hybridized carbons (Fsp3) is 0.500. The second-order valence-electron chi connectivity index (χ2n) is 4.99. The number of aromatic nitrogens is 2. The molecule has 0 aliphatic carbocycles. The molecule has 6 heteroatoms. The summed E-state index contributed by atoms with van der Waals surface area (Å²) in [5.74, 6) is -0.286. The smallest absolute Gasteiger partial charge is 0.178 e. The minimum atomic E-state index is -0.286. The molecule has 0 amide bonds. The molecule has 2 rings (SSSR count). The van der Waals surface area contributed by atoms with Crippen molar-refractivity contribution < 1.29 is 9.13 Å². The van der Waals surface area contributed by atoms with Crippen molar-refractivity contribution in [3.8, 4) is 0 Å². The Morgan fingerprint density at radius 1 is 1.40 bits per heavy atom. The summed E-state index contributed by atoms with van der Waals surface area (Å²) in [6, 6.07) is 3.23. The molecule has 110 valence electrons. The Kier molecular flexibility index (Phi) is 5.35. The van der Waals surface area contributed by atoms with Gasteiger partial charge in [0.15, 0.2) is 4.77 Å². The average Bonchev–Trinajstić information content (AvgIpc) is 2.65. The van der Waals surface area contributed by atoms with Gasteiger partial charge in [-0.3, -0.25) is 0 Å². The van der Waals surface area contributed by atoms with Gasteiger partial charge in [0.05, 0.1) is 21.6 Å². The SMILES string of the molecule is CC(C)OCCCCn1c(=S)[nH]c2cc(F)c(Br)cc21. The van der Waals surface area contributed by atoms with Gasteiger partial charge in [-0.2, -0.15) is 0 Å². The van der Waals surface area contributed by atoms with Gasteiger partial charge in [-0.1, -0.05) is 0 Å². The first-order valence-electron chi connectivity index (χ1n) is 6.68. The third kappa shape index (κ3) is 3.68. The molecule has 1 heterocycles. The summed E-state index contributed by atoms with van der Waals surface area (Å²) in [6.45, 7) is 5.62. The van der Waals surface area contributed by atoms with Crippen molar-refractivity contribution in [1.29, 1.82) is 0 Å². The van der Waals surface area contributed by atoms with E-state index in [0.717, 1.165) is 37.0 Å². The van der Waals surface area contributed by atoms with Crippen LogP contribution in [-0.4, -0.2) is 22.3 Å². The number of imidazole rings is 1. The summed E-state index contributed by atoms with van der Waals surface area (Å²) in [6.07, 6.45) is 2.22. The number of benzene rings is 1. The van der Waals surface area contributed by atoms with Gasteiger partial charge < -0.3 is 14.3 Å². The van der Waals surface area contributed by atoms with Gasteiger partial charge in [-0.15, -0.1) is 0 Å². The van der Waals surface area contributed by atoms with Gasteiger partial charge in [-0.05, 0) is 60.9 Å². The largest absolute Gasteiger partial charge is 0.379 e. The number of fused-ring (bicyclic) bond motifs is 1. The van der Waals surface area contributed by atoms with Gasteiger partial charge in [0.2, 0.25) is 0 Å². The van der Waals surface area contributed by atoms with Crippen LogP contribution in [0.25, 0.3) is 11.0 Å². The fourth-order valence-electron chi connectivity index (χ4n) is 2.06. The number of aryl methyl sites for hydroxylation is 1. The summed E-state index contributed by atoms with van der Waals surface area (Å²) in [5.41, 5.74) is 1.65. The number of H-pyrrole nitrogens is 1. The molecule has 20 heavy (non-hydrogen) atoms. The Balaban J connectivity index is 2.08. The number of nitrogens with zero attached hydrogens (tertiary/aromatic N) is 1. The molecule has 0 aliphatic rings. The van der Waals surface area contributed by atoms with Gasteiger partial charge in [0.1, 0.15) is 5.82 Å². The predicted octanol–water partition coefficient (Wildman–Crippen LogP) is 4.81. The number of ether oxygens (including phenoxy) is 1. The molecule has 1 N–H and O–H groups in total. The van der Waals surface area contributed by atoms with E-state index in [4.69, 9.17) is 17.0 Å². The summed E-state index contributed by atoms with van der Waals surface area (Å²) >= 11 is 8.51. The van der Waals surface area contributed by atoms with Crippen LogP contribution in [0.2, 0.25) is 0 Å². The molecule has 0 unspecified atom stereocenters. The molecule has 0 radical (unpaired) electrons. The quantitative estimate of drug-likeness (QED) is 0.591. The third-order valence-corrected chi connectivity index (χ3v) is 3.97. The van der Waals surface area contributed by atoms with E-state index >= 15 is 0 Å². The van der Waals surface area contributed by atoms with E-state index in [2.05, 4.69) is 20.9 Å². The fourth-order valence-corrected chi connectivity index (χ4v) is 2.70. The lowest BCUT2D eigenvalue weighted by molar-refractivity contribution is 0.0755. The number of aromatic amines is 1. The Morgan fingerprint density at radius 3 is 2.85 bits per heavy atom. The Morgan fingerprint density at radius 2 is 2.15 bits per heavy atom. The lowest BCUT2D eigenvalue weighted by atomic mass is 10.3.